The Morgan fingerprint density at radius 1 is 1.04 bits per heavy atom. The van der Waals surface area contributed by atoms with Crippen LogP contribution in [-0.4, -0.2) is 32.0 Å². The summed E-state index contributed by atoms with van der Waals surface area (Å²) in [5, 5.41) is 0. The van der Waals surface area contributed by atoms with Crippen LogP contribution < -0.4 is 4.72 Å². The number of carbonyl (C=O) groups is 1. The first-order valence-electron chi connectivity index (χ1n) is 7.37. The molecule has 3 rings (SSSR count). The van der Waals surface area contributed by atoms with Gasteiger partial charge >= 0.3 is 0 Å². The Bertz CT molecular complexity index is 846. The number of nitrogens with one attached hydrogen (secondary N) is 1. The summed E-state index contributed by atoms with van der Waals surface area (Å²) in [5.41, 5.74) is 3.09. The van der Waals surface area contributed by atoms with Crippen molar-refractivity contribution in [2.24, 2.45) is 0 Å². The van der Waals surface area contributed by atoms with Crippen molar-refractivity contribution in [3.63, 3.8) is 0 Å². The Balaban J connectivity index is 1.87. The van der Waals surface area contributed by atoms with Gasteiger partial charge in [-0.1, -0.05) is 36.4 Å². The molecular formula is C17H18N2O3S. The zero-order valence-corrected chi connectivity index (χ0v) is 13.6. The summed E-state index contributed by atoms with van der Waals surface area (Å²) >= 11 is 0. The van der Waals surface area contributed by atoms with Crippen molar-refractivity contribution in [1.29, 1.82) is 0 Å². The number of sulfonamides is 1. The number of amides is 1. The Morgan fingerprint density at radius 3 is 2.43 bits per heavy atom. The monoisotopic (exact) mass is 330 g/mol. The molecular weight excluding hydrogens is 312 g/mol. The standard InChI is InChI=1S/C17H18N2O3S/c1-23(21,22)18-16-9-5-4-8-15(16)17(20)19-11-10-13-6-2-3-7-14(13)12-19/h2-9,18H,10-12H2,1H3. The Morgan fingerprint density at radius 2 is 1.70 bits per heavy atom. The smallest absolute Gasteiger partial charge is 0.256 e. The van der Waals surface area contributed by atoms with Crippen LogP contribution in [0.1, 0.15) is 21.5 Å². The third kappa shape index (κ3) is 3.53. The molecule has 0 aromatic heterocycles. The van der Waals surface area contributed by atoms with Crippen LogP contribution in [0.3, 0.4) is 0 Å². The Hall–Kier alpha value is -2.34. The minimum absolute atomic E-state index is 0.161. The molecule has 5 nitrogen and oxygen atoms in total. The molecule has 2 aromatic rings. The molecule has 1 aliphatic heterocycles. The van der Waals surface area contributed by atoms with E-state index in [0.717, 1.165) is 18.2 Å². The number of nitrogens with zero attached hydrogens (tertiary/aromatic N) is 1. The average molecular weight is 330 g/mol. The predicted molar refractivity (Wildman–Crippen MR) is 89.8 cm³/mol. The molecule has 1 aliphatic rings. The molecule has 0 fully saturated rings. The van der Waals surface area contributed by atoms with E-state index in [9.17, 15) is 13.2 Å². The van der Waals surface area contributed by atoms with E-state index in [0.29, 0.717) is 24.3 Å². The maximum absolute atomic E-state index is 12.8. The van der Waals surface area contributed by atoms with Crippen LogP contribution in [0.15, 0.2) is 48.5 Å². The lowest BCUT2D eigenvalue weighted by Gasteiger charge is -2.29. The molecule has 6 heteroatoms. The van der Waals surface area contributed by atoms with Crippen molar-refractivity contribution in [2.75, 3.05) is 17.5 Å². The van der Waals surface area contributed by atoms with Crippen LogP contribution in [0.5, 0.6) is 0 Å². The fourth-order valence-corrected chi connectivity index (χ4v) is 3.38. The maximum Gasteiger partial charge on any atom is 0.256 e. The van der Waals surface area contributed by atoms with E-state index in [2.05, 4.69) is 10.8 Å². The highest BCUT2D eigenvalue weighted by molar-refractivity contribution is 7.92. The van der Waals surface area contributed by atoms with E-state index >= 15 is 0 Å². The number of hydrogen-bond acceptors (Lipinski definition) is 3. The van der Waals surface area contributed by atoms with Gasteiger partial charge in [0.25, 0.3) is 5.91 Å². The van der Waals surface area contributed by atoms with Crippen molar-refractivity contribution in [2.45, 2.75) is 13.0 Å². The molecule has 0 unspecified atom stereocenters. The van der Waals surface area contributed by atoms with Crippen LogP contribution in [0.25, 0.3) is 0 Å². The maximum atomic E-state index is 12.8. The first-order chi connectivity index (χ1) is 10.9. The molecule has 0 radical (unpaired) electrons. The Kier molecular flexibility index (Phi) is 4.09. The van der Waals surface area contributed by atoms with Crippen LogP contribution in [0, 0.1) is 0 Å². The van der Waals surface area contributed by atoms with E-state index in [4.69, 9.17) is 0 Å². The molecule has 1 amide bonds. The number of rotatable bonds is 3. The molecule has 0 aliphatic carbocycles. The molecule has 1 N–H and O–H groups in total. The zero-order valence-electron chi connectivity index (χ0n) is 12.8. The van der Waals surface area contributed by atoms with Crippen LogP contribution in [-0.2, 0) is 23.0 Å². The van der Waals surface area contributed by atoms with Gasteiger partial charge in [-0.3, -0.25) is 9.52 Å². The van der Waals surface area contributed by atoms with E-state index in [1.165, 1.54) is 5.56 Å². The fourth-order valence-electron chi connectivity index (χ4n) is 2.80. The molecule has 23 heavy (non-hydrogen) atoms. The number of hydrogen-bond donors (Lipinski definition) is 1. The lowest BCUT2D eigenvalue weighted by molar-refractivity contribution is 0.0736. The molecule has 0 atom stereocenters. The normalized spacial score (nSPS) is 14.2. The van der Waals surface area contributed by atoms with E-state index in [-0.39, 0.29) is 5.91 Å². The van der Waals surface area contributed by atoms with Gasteiger partial charge < -0.3 is 4.90 Å². The average Bonchev–Trinajstić information content (AvgIpc) is 2.53. The number of benzene rings is 2. The van der Waals surface area contributed by atoms with Gasteiger partial charge in [-0.15, -0.1) is 0 Å². The molecule has 120 valence electrons. The van der Waals surface area contributed by atoms with Gasteiger partial charge in [-0.05, 0) is 29.7 Å². The highest BCUT2D eigenvalue weighted by atomic mass is 32.2. The summed E-state index contributed by atoms with van der Waals surface area (Å²) in [6.07, 6.45) is 1.88. The largest absolute Gasteiger partial charge is 0.334 e. The summed E-state index contributed by atoms with van der Waals surface area (Å²) in [7, 11) is -3.43. The van der Waals surface area contributed by atoms with Crippen molar-refractivity contribution in [3.05, 3.63) is 65.2 Å². The first kappa shape index (κ1) is 15.6. The van der Waals surface area contributed by atoms with Crippen LogP contribution in [0.2, 0.25) is 0 Å². The van der Waals surface area contributed by atoms with Crippen molar-refractivity contribution < 1.29 is 13.2 Å². The fraction of sp³-hybridized carbons (Fsp3) is 0.235. The summed E-state index contributed by atoms with van der Waals surface area (Å²) in [6.45, 7) is 1.17. The molecule has 0 saturated carbocycles. The lowest BCUT2D eigenvalue weighted by atomic mass is 9.99. The third-order valence-electron chi connectivity index (χ3n) is 3.87. The zero-order chi connectivity index (χ0) is 16.4. The summed E-state index contributed by atoms with van der Waals surface area (Å²) in [5.74, 6) is -0.161. The van der Waals surface area contributed by atoms with E-state index < -0.39 is 10.0 Å². The van der Waals surface area contributed by atoms with Gasteiger partial charge in [0.15, 0.2) is 0 Å². The van der Waals surface area contributed by atoms with Crippen molar-refractivity contribution >= 4 is 21.6 Å². The molecule has 2 aromatic carbocycles. The van der Waals surface area contributed by atoms with Crippen LogP contribution >= 0.6 is 0 Å². The van der Waals surface area contributed by atoms with Crippen LogP contribution in [0.4, 0.5) is 5.69 Å². The minimum Gasteiger partial charge on any atom is -0.334 e. The number of fused-ring (bicyclic) bond motifs is 1. The second kappa shape index (κ2) is 6.04. The number of carbonyl (C=O) groups excluding carboxylic acids is 1. The molecule has 0 bridgehead atoms. The highest BCUT2D eigenvalue weighted by Crippen LogP contribution is 2.23. The second-order valence-electron chi connectivity index (χ2n) is 5.67. The number of para-hydroxylation sites is 1. The lowest BCUT2D eigenvalue weighted by Crippen LogP contribution is -2.36. The Labute approximate surface area is 136 Å². The van der Waals surface area contributed by atoms with Gasteiger partial charge in [0.2, 0.25) is 10.0 Å². The third-order valence-corrected chi connectivity index (χ3v) is 4.46. The van der Waals surface area contributed by atoms with Gasteiger partial charge in [-0.25, -0.2) is 8.42 Å². The molecule has 0 saturated heterocycles. The van der Waals surface area contributed by atoms with Gasteiger partial charge in [0.1, 0.15) is 0 Å². The summed E-state index contributed by atoms with van der Waals surface area (Å²) in [4.78, 5) is 14.6. The quantitative estimate of drug-likeness (QED) is 0.939. The minimum atomic E-state index is -3.43. The molecule has 1 heterocycles. The topological polar surface area (TPSA) is 66.5 Å². The second-order valence-corrected chi connectivity index (χ2v) is 7.41. The van der Waals surface area contributed by atoms with Crippen molar-refractivity contribution in [1.82, 2.24) is 4.90 Å². The predicted octanol–water partition coefficient (Wildman–Crippen LogP) is 2.26. The number of anilines is 1. The SMILES string of the molecule is CS(=O)(=O)Nc1ccccc1C(=O)N1CCc2ccccc2C1. The summed E-state index contributed by atoms with van der Waals surface area (Å²) in [6, 6.07) is 14.8. The van der Waals surface area contributed by atoms with E-state index in [1.807, 2.05) is 18.2 Å². The van der Waals surface area contributed by atoms with Gasteiger partial charge in [0, 0.05) is 13.1 Å². The summed E-state index contributed by atoms with van der Waals surface area (Å²) < 4.78 is 25.4. The van der Waals surface area contributed by atoms with E-state index in [1.54, 1.807) is 29.2 Å². The van der Waals surface area contributed by atoms with Gasteiger partial charge in [0.05, 0.1) is 17.5 Å². The first-order valence-corrected chi connectivity index (χ1v) is 9.26. The highest BCUT2D eigenvalue weighted by Gasteiger charge is 2.23. The van der Waals surface area contributed by atoms with Gasteiger partial charge in [-0.2, -0.15) is 0 Å². The molecule has 0 spiro atoms. The van der Waals surface area contributed by atoms with Crippen molar-refractivity contribution in [3.8, 4) is 0 Å².